The summed E-state index contributed by atoms with van der Waals surface area (Å²) in [5.41, 5.74) is 5.68. The Kier molecular flexibility index (Phi) is 4.36. The minimum absolute atomic E-state index is 0.0791. The lowest BCUT2D eigenvalue weighted by Crippen LogP contribution is -2.52. The molecule has 98 valence electrons. The van der Waals surface area contributed by atoms with Gasteiger partial charge in [0.25, 0.3) is 0 Å². The zero-order chi connectivity index (χ0) is 12.3. The fraction of sp³-hybridized carbons (Fsp3) is 0.917. The third-order valence-electron chi connectivity index (χ3n) is 3.77. The van der Waals surface area contributed by atoms with Crippen LogP contribution in [0, 0.1) is 5.92 Å². The quantitative estimate of drug-likeness (QED) is 0.724. The number of hydrogen-bond acceptors (Lipinski definition) is 4. The van der Waals surface area contributed by atoms with Crippen molar-refractivity contribution in [1.82, 2.24) is 9.80 Å². The van der Waals surface area contributed by atoms with Crippen LogP contribution in [0.15, 0.2) is 0 Å². The summed E-state index contributed by atoms with van der Waals surface area (Å²) in [5.74, 6) is 0.776. The van der Waals surface area contributed by atoms with Crippen molar-refractivity contribution >= 4 is 5.91 Å². The average Bonchev–Trinajstić information content (AvgIpc) is 2.74. The Bertz CT molecular complexity index is 272. The number of nitrogens with two attached hydrogens (primary N) is 1. The summed E-state index contributed by atoms with van der Waals surface area (Å²) in [6, 6.07) is 0.0791. The number of ether oxygens (including phenoxy) is 1. The van der Waals surface area contributed by atoms with Crippen LogP contribution < -0.4 is 5.73 Å². The molecule has 0 radical (unpaired) electrons. The van der Waals surface area contributed by atoms with Crippen molar-refractivity contribution in [2.45, 2.75) is 18.9 Å². The summed E-state index contributed by atoms with van der Waals surface area (Å²) in [7, 11) is 2.11. The van der Waals surface area contributed by atoms with Crippen LogP contribution in [0.25, 0.3) is 0 Å². The number of hydrogen-bond donors (Lipinski definition) is 1. The molecule has 1 amide bonds. The van der Waals surface area contributed by atoms with Crippen LogP contribution in [0.3, 0.4) is 0 Å². The van der Waals surface area contributed by atoms with E-state index in [9.17, 15) is 4.79 Å². The van der Waals surface area contributed by atoms with Gasteiger partial charge < -0.3 is 20.3 Å². The van der Waals surface area contributed by atoms with Gasteiger partial charge in [-0.25, -0.2) is 0 Å². The molecule has 17 heavy (non-hydrogen) atoms. The molecule has 2 aliphatic rings. The highest BCUT2D eigenvalue weighted by Crippen LogP contribution is 2.20. The van der Waals surface area contributed by atoms with E-state index >= 15 is 0 Å². The first-order valence-electron chi connectivity index (χ1n) is 6.46. The molecular formula is C12H23N3O2. The van der Waals surface area contributed by atoms with Crippen LogP contribution in [0.1, 0.15) is 12.8 Å². The zero-order valence-electron chi connectivity index (χ0n) is 10.6. The van der Waals surface area contributed by atoms with E-state index in [1.54, 1.807) is 0 Å². The summed E-state index contributed by atoms with van der Waals surface area (Å²) in [5, 5.41) is 0. The molecule has 0 saturated carbocycles. The van der Waals surface area contributed by atoms with E-state index in [1.165, 1.54) is 0 Å². The summed E-state index contributed by atoms with van der Waals surface area (Å²) in [6.45, 7) is 4.59. The Morgan fingerprint density at radius 3 is 2.94 bits per heavy atom. The highest BCUT2D eigenvalue weighted by atomic mass is 16.5. The number of rotatable bonds is 3. The predicted octanol–water partition coefficient (Wildman–Crippen LogP) is -0.486. The molecule has 5 heteroatoms. The van der Waals surface area contributed by atoms with Gasteiger partial charge in [0.1, 0.15) is 0 Å². The molecule has 2 fully saturated rings. The second-order valence-electron chi connectivity index (χ2n) is 5.17. The van der Waals surface area contributed by atoms with Gasteiger partial charge >= 0.3 is 0 Å². The zero-order valence-corrected chi connectivity index (χ0v) is 10.6. The lowest BCUT2D eigenvalue weighted by molar-refractivity contribution is -0.140. The molecule has 0 aromatic carbocycles. The Hall–Kier alpha value is -0.650. The van der Waals surface area contributed by atoms with Gasteiger partial charge in [0, 0.05) is 26.1 Å². The molecule has 5 nitrogen and oxygen atoms in total. The average molecular weight is 241 g/mol. The van der Waals surface area contributed by atoms with E-state index in [4.69, 9.17) is 10.5 Å². The first-order valence-corrected chi connectivity index (χ1v) is 6.46. The van der Waals surface area contributed by atoms with Crippen molar-refractivity contribution < 1.29 is 9.53 Å². The minimum atomic E-state index is 0.0791. The van der Waals surface area contributed by atoms with E-state index < -0.39 is 0 Å². The third kappa shape index (κ3) is 3.18. The van der Waals surface area contributed by atoms with E-state index in [2.05, 4.69) is 11.9 Å². The summed E-state index contributed by atoms with van der Waals surface area (Å²) in [4.78, 5) is 16.4. The smallest absolute Gasteiger partial charge is 0.223 e. The largest absolute Gasteiger partial charge is 0.377 e. The molecule has 0 aromatic rings. The number of likely N-dealkylation sites (tertiary alicyclic amines) is 1. The van der Waals surface area contributed by atoms with Crippen LogP contribution in [0.5, 0.6) is 0 Å². The van der Waals surface area contributed by atoms with E-state index in [1.807, 2.05) is 4.90 Å². The van der Waals surface area contributed by atoms with Crippen LogP contribution in [-0.2, 0) is 9.53 Å². The maximum atomic E-state index is 12.2. The molecule has 2 heterocycles. The normalized spacial score (nSPS) is 30.8. The van der Waals surface area contributed by atoms with Gasteiger partial charge in [-0.15, -0.1) is 0 Å². The first kappa shape index (κ1) is 12.8. The Morgan fingerprint density at radius 1 is 1.47 bits per heavy atom. The van der Waals surface area contributed by atoms with Crippen molar-refractivity contribution in [1.29, 1.82) is 0 Å². The molecule has 2 aliphatic heterocycles. The number of carbonyl (C=O) groups excluding carboxylic acids is 1. The van der Waals surface area contributed by atoms with Crippen LogP contribution in [-0.4, -0.2) is 68.2 Å². The fourth-order valence-electron chi connectivity index (χ4n) is 2.74. The van der Waals surface area contributed by atoms with Crippen molar-refractivity contribution in [3.05, 3.63) is 0 Å². The van der Waals surface area contributed by atoms with Gasteiger partial charge in [0.15, 0.2) is 0 Å². The fourth-order valence-corrected chi connectivity index (χ4v) is 2.74. The summed E-state index contributed by atoms with van der Waals surface area (Å²) in [6.07, 6.45) is 1.81. The number of nitrogens with zero attached hydrogens (tertiary/aromatic N) is 2. The molecule has 2 atom stereocenters. The molecule has 2 rings (SSSR count). The van der Waals surface area contributed by atoms with Gasteiger partial charge in [-0.3, -0.25) is 4.79 Å². The van der Waals surface area contributed by atoms with E-state index in [0.717, 1.165) is 19.5 Å². The van der Waals surface area contributed by atoms with Crippen LogP contribution in [0.2, 0.25) is 0 Å². The number of amides is 1. The molecule has 0 aliphatic carbocycles. The van der Waals surface area contributed by atoms with Gasteiger partial charge in [-0.05, 0) is 25.9 Å². The molecule has 0 bridgehead atoms. The van der Waals surface area contributed by atoms with Gasteiger partial charge in [0.05, 0.1) is 19.3 Å². The molecule has 2 N–H and O–H groups in total. The van der Waals surface area contributed by atoms with Gasteiger partial charge in [0.2, 0.25) is 5.91 Å². The monoisotopic (exact) mass is 241 g/mol. The summed E-state index contributed by atoms with van der Waals surface area (Å²) < 4.78 is 5.36. The molecule has 2 unspecified atom stereocenters. The van der Waals surface area contributed by atoms with Crippen molar-refractivity contribution in [3.63, 3.8) is 0 Å². The molecule has 0 aromatic heterocycles. The molecule has 0 spiro atoms. The minimum Gasteiger partial charge on any atom is -0.377 e. The van der Waals surface area contributed by atoms with Crippen molar-refractivity contribution in [2.24, 2.45) is 11.7 Å². The van der Waals surface area contributed by atoms with Gasteiger partial charge in [-0.1, -0.05) is 0 Å². The standard InChI is InChI=1S/C12H23N3O2/c1-14-3-2-10(8-14)6-12(16)15-4-5-17-9-11(15)7-13/h10-11H,2-9,13H2,1H3. The van der Waals surface area contributed by atoms with Crippen molar-refractivity contribution in [3.8, 4) is 0 Å². The Labute approximate surface area is 103 Å². The molecule has 2 saturated heterocycles. The lowest BCUT2D eigenvalue weighted by atomic mass is 10.0. The Morgan fingerprint density at radius 2 is 2.29 bits per heavy atom. The highest BCUT2D eigenvalue weighted by molar-refractivity contribution is 5.77. The second kappa shape index (κ2) is 5.80. The highest BCUT2D eigenvalue weighted by Gasteiger charge is 2.29. The second-order valence-corrected chi connectivity index (χ2v) is 5.17. The first-order chi connectivity index (χ1) is 8.20. The molecular weight excluding hydrogens is 218 g/mol. The number of carbonyl (C=O) groups is 1. The third-order valence-corrected chi connectivity index (χ3v) is 3.77. The Balaban J connectivity index is 1.85. The summed E-state index contributed by atoms with van der Waals surface area (Å²) >= 11 is 0. The number of morpholine rings is 1. The van der Waals surface area contributed by atoms with Crippen molar-refractivity contribution in [2.75, 3.05) is 46.4 Å². The lowest BCUT2D eigenvalue weighted by Gasteiger charge is -2.35. The van der Waals surface area contributed by atoms with Gasteiger partial charge in [-0.2, -0.15) is 0 Å². The van der Waals surface area contributed by atoms with E-state index in [-0.39, 0.29) is 11.9 Å². The van der Waals surface area contributed by atoms with Crippen LogP contribution >= 0.6 is 0 Å². The predicted molar refractivity (Wildman–Crippen MR) is 65.6 cm³/mol. The maximum Gasteiger partial charge on any atom is 0.223 e. The SMILES string of the molecule is CN1CCC(CC(=O)N2CCOCC2CN)C1. The maximum absolute atomic E-state index is 12.2. The topological polar surface area (TPSA) is 58.8 Å². The van der Waals surface area contributed by atoms with Crippen LogP contribution in [0.4, 0.5) is 0 Å². The van der Waals surface area contributed by atoms with E-state index in [0.29, 0.717) is 38.6 Å².